The van der Waals surface area contributed by atoms with Gasteiger partial charge in [-0.2, -0.15) is 0 Å². The minimum absolute atomic E-state index is 0.0707. The minimum atomic E-state index is -0.513. The van der Waals surface area contributed by atoms with Gasteiger partial charge in [0.05, 0.1) is 10.3 Å². The maximum atomic E-state index is 11.4. The molecule has 5 nitrogen and oxygen atoms in total. The molecule has 1 aromatic carbocycles. The number of fused-ring (bicyclic) bond motifs is 1. The van der Waals surface area contributed by atoms with Crippen molar-refractivity contribution in [1.29, 1.82) is 0 Å². The summed E-state index contributed by atoms with van der Waals surface area (Å²) in [5.41, 5.74) is 0.511. The quantitative estimate of drug-likeness (QED) is 0.567. The van der Waals surface area contributed by atoms with Gasteiger partial charge in [0, 0.05) is 18.3 Å². The van der Waals surface area contributed by atoms with E-state index < -0.39 is 4.92 Å². The highest BCUT2D eigenvalue weighted by Crippen LogP contribution is 2.19. The predicted molar refractivity (Wildman–Crippen MR) is 56.0 cm³/mol. The molecule has 0 bridgehead atoms. The van der Waals surface area contributed by atoms with E-state index >= 15 is 0 Å². The number of pyridine rings is 1. The molecule has 0 radical (unpaired) electrons. The van der Waals surface area contributed by atoms with Gasteiger partial charge in [0.25, 0.3) is 11.2 Å². The number of H-pyrrole nitrogens is 1. The monoisotopic (exact) mass is 204 g/mol. The smallest absolute Gasteiger partial charge is 0.270 e. The second-order valence-electron chi connectivity index (χ2n) is 3.29. The Morgan fingerprint density at radius 1 is 1.33 bits per heavy atom. The summed E-state index contributed by atoms with van der Waals surface area (Å²) >= 11 is 0. The standard InChI is InChI=1S/C10H8N2O3/c1-6-5-11-10(13)9-4-7(12(14)15)2-3-8(6)9/h2-5H,1H3,(H,11,13). The fourth-order valence-electron chi connectivity index (χ4n) is 1.51. The Hall–Kier alpha value is -2.17. The topological polar surface area (TPSA) is 76.0 Å². The van der Waals surface area contributed by atoms with Crippen molar-refractivity contribution < 1.29 is 4.92 Å². The zero-order valence-corrected chi connectivity index (χ0v) is 7.98. The van der Waals surface area contributed by atoms with E-state index in [1.165, 1.54) is 12.1 Å². The predicted octanol–water partition coefficient (Wildman–Crippen LogP) is 1.74. The molecule has 0 amide bonds. The van der Waals surface area contributed by atoms with E-state index in [-0.39, 0.29) is 11.2 Å². The average molecular weight is 204 g/mol. The van der Waals surface area contributed by atoms with E-state index in [0.29, 0.717) is 5.39 Å². The Morgan fingerprint density at radius 2 is 2.07 bits per heavy atom. The van der Waals surface area contributed by atoms with Gasteiger partial charge in [-0.25, -0.2) is 0 Å². The number of hydrogen-bond donors (Lipinski definition) is 1. The van der Waals surface area contributed by atoms with E-state index in [1.54, 1.807) is 12.3 Å². The Balaban J connectivity index is 2.87. The fraction of sp³-hybridized carbons (Fsp3) is 0.100. The van der Waals surface area contributed by atoms with Crippen molar-refractivity contribution in [3.8, 4) is 0 Å². The van der Waals surface area contributed by atoms with Crippen LogP contribution >= 0.6 is 0 Å². The Kier molecular flexibility index (Phi) is 2.00. The summed E-state index contributed by atoms with van der Waals surface area (Å²) in [7, 11) is 0. The third-order valence-corrected chi connectivity index (χ3v) is 2.30. The number of nitrogens with one attached hydrogen (secondary N) is 1. The molecule has 76 valence electrons. The molecule has 2 aromatic rings. The summed E-state index contributed by atoms with van der Waals surface area (Å²) in [5.74, 6) is 0. The molecule has 1 N–H and O–H groups in total. The number of hydrogen-bond acceptors (Lipinski definition) is 3. The van der Waals surface area contributed by atoms with Gasteiger partial charge in [0.1, 0.15) is 0 Å². The van der Waals surface area contributed by atoms with E-state index in [9.17, 15) is 14.9 Å². The molecule has 1 heterocycles. The molecule has 1 aromatic heterocycles. The van der Waals surface area contributed by atoms with Crippen LogP contribution in [0, 0.1) is 17.0 Å². The van der Waals surface area contributed by atoms with Crippen LogP contribution in [0.3, 0.4) is 0 Å². The van der Waals surface area contributed by atoms with E-state index in [1.807, 2.05) is 6.92 Å². The molecule has 0 saturated carbocycles. The summed E-state index contributed by atoms with van der Waals surface area (Å²) in [6.45, 7) is 1.84. The number of benzene rings is 1. The van der Waals surface area contributed by atoms with Gasteiger partial charge in [-0.1, -0.05) is 0 Å². The molecule has 0 saturated heterocycles. The number of aromatic amines is 1. The van der Waals surface area contributed by atoms with Crippen molar-refractivity contribution in [1.82, 2.24) is 4.98 Å². The molecular formula is C10H8N2O3. The van der Waals surface area contributed by atoms with Crippen molar-refractivity contribution in [3.05, 3.63) is 50.4 Å². The summed E-state index contributed by atoms with van der Waals surface area (Å²) in [6, 6.07) is 4.29. The van der Waals surface area contributed by atoms with Gasteiger partial charge in [-0.3, -0.25) is 14.9 Å². The van der Waals surface area contributed by atoms with Crippen LogP contribution in [0.2, 0.25) is 0 Å². The molecule has 0 aliphatic carbocycles. The summed E-state index contributed by atoms with van der Waals surface area (Å²) in [5, 5.41) is 11.6. The molecule has 0 unspecified atom stereocenters. The first-order chi connectivity index (χ1) is 7.09. The lowest BCUT2D eigenvalue weighted by Crippen LogP contribution is -2.06. The van der Waals surface area contributed by atoms with E-state index in [2.05, 4.69) is 4.98 Å². The molecule has 2 rings (SSSR count). The van der Waals surface area contributed by atoms with E-state index in [4.69, 9.17) is 0 Å². The van der Waals surface area contributed by atoms with Crippen molar-refractivity contribution in [3.63, 3.8) is 0 Å². The van der Waals surface area contributed by atoms with Crippen LogP contribution < -0.4 is 5.56 Å². The first-order valence-corrected chi connectivity index (χ1v) is 4.36. The number of aryl methyl sites for hydroxylation is 1. The van der Waals surface area contributed by atoms with Crippen molar-refractivity contribution in [2.45, 2.75) is 6.92 Å². The molecule has 0 fully saturated rings. The summed E-state index contributed by atoms with van der Waals surface area (Å²) in [6.07, 6.45) is 1.59. The van der Waals surface area contributed by atoms with Gasteiger partial charge in [0.2, 0.25) is 0 Å². The van der Waals surface area contributed by atoms with Gasteiger partial charge < -0.3 is 4.98 Å². The lowest BCUT2D eigenvalue weighted by Gasteiger charge is -2.00. The van der Waals surface area contributed by atoms with Gasteiger partial charge in [0.15, 0.2) is 0 Å². The van der Waals surface area contributed by atoms with Crippen LogP contribution in [-0.4, -0.2) is 9.91 Å². The lowest BCUT2D eigenvalue weighted by atomic mass is 10.1. The summed E-state index contributed by atoms with van der Waals surface area (Å²) in [4.78, 5) is 24.0. The maximum absolute atomic E-state index is 11.4. The average Bonchev–Trinajstić information content (AvgIpc) is 2.23. The number of nitrogens with zero attached hydrogens (tertiary/aromatic N) is 1. The molecule has 0 spiro atoms. The molecule has 0 atom stereocenters. The largest absolute Gasteiger partial charge is 0.328 e. The highest BCUT2D eigenvalue weighted by molar-refractivity contribution is 5.86. The molecular weight excluding hydrogens is 196 g/mol. The van der Waals surface area contributed by atoms with Crippen molar-refractivity contribution in [2.75, 3.05) is 0 Å². The van der Waals surface area contributed by atoms with Crippen LogP contribution in [0.1, 0.15) is 5.56 Å². The Bertz CT molecular complexity index is 601. The number of non-ortho nitro benzene ring substituents is 1. The molecule has 5 heteroatoms. The van der Waals surface area contributed by atoms with Gasteiger partial charge in [-0.15, -0.1) is 0 Å². The van der Waals surface area contributed by atoms with Crippen LogP contribution in [0.5, 0.6) is 0 Å². The molecule has 0 aliphatic heterocycles. The van der Waals surface area contributed by atoms with Crippen LogP contribution in [0.4, 0.5) is 5.69 Å². The Labute approximate surface area is 84.5 Å². The van der Waals surface area contributed by atoms with Crippen LogP contribution in [0.25, 0.3) is 10.8 Å². The fourth-order valence-corrected chi connectivity index (χ4v) is 1.51. The maximum Gasteiger partial charge on any atom is 0.270 e. The normalized spacial score (nSPS) is 10.5. The van der Waals surface area contributed by atoms with E-state index in [0.717, 1.165) is 10.9 Å². The highest BCUT2D eigenvalue weighted by atomic mass is 16.6. The first kappa shape index (κ1) is 9.39. The van der Waals surface area contributed by atoms with Crippen LogP contribution in [-0.2, 0) is 0 Å². The zero-order chi connectivity index (χ0) is 11.0. The number of aromatic nitrogens is 1. The lowest BCUT2D eigenvalue weighted by molar-refractivity contribution is -0.384. The van der Waals surface area contributed by atoms with Gasteiger partial charge in [-0.05, 0) is 23.9 Å². The van der Waals surface area contributed by atoms with Crippen molar-refractivity contribution >= 4 is 16.5 Å². The second kappa shape index (κ2) is 3.20. The Morgan fingerprint density at radius 3 is 2.73 bits per heavy atom. The van der Waals surface area contributed by atoms with Gasteiger partial charge >= 0.3 is 0 Å². The van der Waals surface area contributed by atoms with Crippen LogP contribution in [0.15, 0.2) is 29.2 Å². The summed E-state index contributed by atoms with van der Waals surface area (Å²) < 4.78 is 0. The highest BCUT2D eigenvalue weighted by Gasteiger charge is 2.09. The van der Waals surface area contributed by atoms with Crippen molar-refractivity contribution in [2.24, 2.45) is 0 Å². The number of rotatable bonds is 1. The first-order valence-electron chi connectivity index (χ1n) is 4.36. The third kappa shape index (κ3) is 1.48. The molecule has 0 aliphatic rings. The zero-order valence-electron chi connectivity index (χ0n) is 7.98. The second-order valence-corrected chi connectivity index (χ2v) is 3.29. The number of nitro benzene ring substituents is 1. The third-order valence-electron chi connectivity index (χ3n) is 2.30. The minimum Gasteiger partial charge on any atom is -0.328 e. The molecule has 15 heavy (non-hydrogen) atoms. The number of nitro groups is 1. The SMILES string of the molecule is Cc1c[nH]c(=O)c2cc([N+](=O)[O-])ccc12.